The van der Waals surface area contributed by atoms with E-state index in [1.807, 2.05) is 12.1 Å². The third kappa shape index (κ3) is 3.25. The van der Waals surface area contributed by atoms with Crippen molar-refractivity contribution in [3.63, 3.8) is 0 Å². The molecule has 10 aromatic rings. The molecule has 0 aliphatic rings. The van der Waals surface area contributed by atoms with E-state index in [1.54, 1.807) is 6.26 Å². The summed E-state index contributed by atoms with van der Waals surface area (Å²) >= 11 is 0. The molecule has 2 heteroatoms. The topological polar surface area (TPSA) is 26.3 Å². The van der Waals surface area contributed by atoms with Crippen molar-refractivity contribution in [2.24, 2.45) is 0 Å². The third-order valence-electron chi connectivity index (χ3n) is 9.30. The molecule has 0 N–H and O–H groups in total. The second-order valence-corrected chi connectivity index (χ2v) is 11.7. The van der Waals surface area contributed by atoms with Gasteiger partial charge in [0.25, 0.3) is 0 Å². The Labute approximate surface area is 252 Å². The van der Waals surface area contributed by atoms with Gasteiger partial charge in [-0.2, -0.15) is 0 Å². The van der Waals surface area contributed by atoms with Crippen LogP contribution in [0.5, 0.6) is 0 Å². The summed E-state index contributed by atoms with van der Waals surface area (Å²) in [7, 11) is 0. The highest BCUT2D eigenvalue weighted by molar-refractivity contribution is 6.26. The van der Waals surface area contributed by atoms with Crippen molar-refractivity contribution < 1.29 is 8.83 Å². The first-order valence-electron chi connectivity index (χ1n) is 15.0. The first kappa shape index (κ1) is 23.7. The SMILES string of the molecule is c1ccc2c(c1)cc(-c1c3ccccc3c(-c3ccc4oc5cc6occc6cc5c4c3)c3ccccc13)c1ccccc12. The zero-order valence-electron chi connectivity index (χ0n) is 23.7. The molecule has 0 bridgehead atoms. The number of rotatable bonds is 2. The van der Waals surface area contributed by atoms with Crippen molar-refractivity contribution in [2.45, 2.75) is 0 Å². The fourth-order valence-electron chi connectivity index (χ4n) is 7.38. The minimum absolute atomic E-state index is 0.838. The number of furan rings is 2. The Morgan fingerprint density at radius 3 is 1.70 bits per heavy atom. The predicted molar refractivity (Wildman–Crippen MR) is 184 cm³/mol. The molecule has 0 aliphatic carbocycles. The molecule has 0 radical (unpaired) electrons. The van der Waals surface area contributed by atoms with E-state index in [0.29, 0.717) is 0 Å². The van der Waals surface area contributed by atoms with E-state index in [-0.39, 0.29) is 0 Å². The lowest BCUT2D eigenvalue weighted by Crippen LogP contribution is -1.92. The quantitative estimate of drug-likeness (QED) is 0.155. The van der Waals surface area contributed by atoms with Crippen molar-refractivity contribution in [2.75, 3.05) is 0 Å². The van der Waals surface area contributed by atoms with Gasteiger partial charge in [-0.25, -0.2) is 0 Å². The smallest absolute Gasteiger partial charge is 0.139 e. The molecule has 0 unspecified atom stereocenters. The Kier molecular flexibility index (Phi) is 4.75. The molecule has 2 nitrogen and oxygen atoms in total. The fourth-order valence-corrected chi connectivity index (χ4v) is 7.38. The summed E-state index contributed by atoms with van der Waals surface area (Å²) in [4.78, 5) is 0. The molecule has 0 saturated carbocycles. The lowest BCUT2D eigenvalue weighted by atomic mass is 9.83. The summed E-state index contributed by atoms with van der Waals surface area (Å²) in [5, 5.41) is 13.3. The minimum atomic E-state index is 0.838. The molecule has 0 saturated heterocycles. The lowest BCUT2D eigenvalue weighted by molar-refractivity contribution is 0.613. The van der Waals surface area contributed by atoms with Gasteiger partial charge in [0.05, 0.1) is 6.26 Å². The minimum Gasteiger partial charge on any atom is -0.464 e. The van der Waals surface area contributed by atoms with Crippen molar-refractivity contribution in [3.8, 4) is 22.3 Å². The monoisotopic (exact) mass is 560 g/mol. The first-order valence-corrected chi connectivity index (χ1v) is 15.0. The molecular weight excluding hydrogens is 536 g/mol. The van der Waals surface area contributed by atoms with Gasteiger partial charge in [-0.05, 0) is 95.7 Å². The molecule has 44 heavy (non-hydrogen) atoms. The summed E-state index contributed by atoms with van der Waals surface area (Å²) in [6, 6.07) is 50.5. The maximum atomic E-state index is 6.29. The van der Waals surface area contributed by atoms with Crippen LogP contribution in [0.3, 0.4) is 0 Å². The molecule has 0 amide bonds. The van der Waals surface area contributed by atoms with Crippen LogP contribution in [0.25, 0.3) is 98.3 Å². The normalized spacial score (nSPS) is 12.1. The average molecular weight is 561 g/mol. The maximum absolute atomic E-state index is 6.29. The number of hydrogen-bond donors (Lipinski definition) is 0. The van der Waals surface area contributed by atoms with Crippen molar-refractivity contribution in [3.05, 3.63) is 146 Å². The molecule has 2 aromatic heterocycles. The number of hydrogen-bond acceptors (Lipinski definition) is 2. The van der Waals surface area contributed by atoms with Crippen LogP contribution in [0.15, 0.2) is 155 Å². The molecule has 10 rings (SSSR count). The van der Waals surface area contributed by atoms with Gasteiger partial charge in [-0.15, -0.1) is 0 Å². The highest BCUT2D eigenvalue weighted by Crippen LogP contribution is 2.47. The fraction of sp³-hybridized carbons (Fsp3) is 0. The van der Waals surface area contributed by atoms with E-state index in [2.05, 4.69) is 127 Å². The van der Waals surface area contributed by atoms with Gasteiger partial charge in [0.2, 0.25) is 0 Å². The lowest BCUT2D eigenvalue weighted by Gasteiger charge is -2.19. The van der Waals surface area contributed by atoms with Crippen LogP contribution in [0.2, 0.25) is 0 Å². The Morgan fingerprint density at radius 2 is 0.955 bits per heavy atom. The molecule has 2 heterocycles. The molecular formula is C42H24O2. The van der Waals surface area contributed by atoms with Crippen molar-refractivity contribution in [1.29, 1.82) is 0 Å². The average Bonchev–Trinajstić information content (AvgIpc) is 3.69. The van der Waals surface area contributed by atoms with Crippen molar-refractivity contribution >= 4 is 76.0 Å². The van der Waals surface area contributed by atoms with Gasteiger partial charge < -0.3 is 8.83 Å². The summed E-state index contributed by atoms with van der Waals surface area (Å²) in [5.74, 6) is 0. The largest absolute Gasteiger partial charge is 0.464 e. The standard InChI is InChI=1S/C42H24O2/c1-2-10-28-25(9-1)21-37(30-12-4-3-11-29(28)30)42-33-15-7-5-13-31(33)41(32-14-6-8-16-34(32)42)27-17-18-38-35(23-27)36-22-26-19-20-43-39(26)24-40(36)44-38/h1-24H. The van der Waals surface area contributed by atoms with Gasteiger partial charge in [-0.3, -0.25) is 0 Å². The van der Waals surface area contributed by atoms with Gasteiger partial charge >= 0.3 is 0 Å². The molecule has 204 valence electrons. The molecule has 0 fully saturated rings. The Bertz CT molecular complexity index is 2720. The zero-order valence-corrected chi connectivity index (χ0v) is 23.7. The second-order valence-electron chi connectivity index (χ2n) is 11.7. The van der Waals surface area contributed by atoms with Crippen LogP contribution in [0.1, 0.15) is 0 Å². The van der Waals surface area contributed by atoms with E-state index in [9.17, 15) is 0 Å². The predicted octanol–water partition coefficient (Wildman–Crippen LogP) is 12.3. The number of fused-ring (bicyclic) bond motifs is 9. The van der Waals surface area contributed by atoms with Crippen LogP contribution in [0.4, 0.5) is 0 Å². The Morgan fingerprint density at radius 1 is 0.341 bits per heavy atom. The van der Waals surface area contributed by atoms with Crippen LogP contribution >= 0.6 is 0 Å². The molecule has 0 atom stereocenters. The van der Waals surface area contributed by atoms with E-state index >= 15 is 0 Å². The summed E-state index contributed by atoms with van der Waals surface area (Å²) in [6.07, 6.45) is 1.73. The maximum Gasteiger partial charge on any atom is 0.139 e. The third-order valence-corrected chi connectivity index (χ3v) is 9.30. The summed E-state index contributed by atoms with van der Waals surface area (Å²) in [6.45, 7) is 0. The second kappa shape index (κ2) is 8.82. The highest BCUT2D eigenvalue weighted by Gasteiger charge is 2.20. The first-order chi connectivity index (χ1) is 21.8. The van der Waals surface area contributed by atoms with E-state index < -0.39 is 0 Å². The highest BCUT2D eigenvalue weighted by atomic mass is 16.3. The van der Waals surface area contributed by atoms with Crippen LogP contribution in [-0.4, -0.2) is 0 Å². The van der Waals surface area contributed by atoms with Crippen LogP contribution in [0, 0.1) is 0 Å². The van der Waals surface area contributed by atoms with Crippen LogP contribution in [-0.2, 0) is 0 Å². The Hall–Kier alpha value is -5.86. The summed E-state index contributed by atoms with van der Waals surface area (Å²) < 4.78 is 11.9. The van der Waals surface area contributed by atoms with Gasteiger partial charge in [-0.1, -0.05) is 103 Å². The molecule has 0 spiro atoms. The Balaban J connectivity index is 1.33. The van der Waals surface area contributed by atoms with Crippen molar-refractivity contribution in [1.82, 2.24) is 0 Å². The van der Waals surface area contributed by atoms with Gasteiger partial charge in [0, 0.05) is 22.2 Å². The molecule has 0 aliphatic heterocycles. The van der Waals surface area contributed by atoms with E-state index in [1.165, 1.54) is 65.3 Å². The van der Waals surface area contributed by atoms with E-state index in [0.717, 1.165) is 32.9 Å². The van der Waals surface area contributed by atoms with Crippen LogP contribution < -0.4 is 0 Å². The van der Waals surface area contributed by atoms with Gasteiger partial charge in [0.1, 0.15) is 16.7 Å². The summed E-state index contributed by atoms with van der Waals surface area (Å²) in [5.41, 5.74) is 7.51. The molecule has 8 aromatic carbocycles. The zero-order chi connectivity index (χ0) is 28.8. The van der Waals surface area contributed by atoms with Gasteiger partial charge in [0.15, 0.2) is 0 Å². The number of benzene rings is 8. The van der Waals surface area contributed by atoms with E-state index in [4.69, 9.17) is 8.83 Å².